The average Bonchev–Trinajstić information content (AvgIpc) is 3.02. The summed E-state index contributed by atoms with van der Waals surface area (Å²) in [5, 5.41) is 12.1. The molecule has 0 aromatic rings. The lowest BCUT2D eigenvalue weighted by Gasteiger charge is -2.22. The quantitative estimate of drug-likeness (QED) is 0.802. The van der Waals surface area contributed by atoms with E-state index < -0.39 is 11.4 Å². The zero-order valence-corrected chi connectivity index (χ0v) is 11.2. The van der Waals surface area contributed by atoms with Crippen LogP contribution < -0.4 is 5.32 Å². The molecule has 0 spiro atoms. The van der Waals surface area contributed by atoms with E-state index >= 15 is 0 Å². The van der Waals surface area contributed by atoms with Crippen LogP contribution in [0.2, 0.25) is 0 Å². The molecule has 0 radical (unpaired) electrons. The molecule has 2 rings (SSSR count). The van der Waals surface area contributed by atoms with Crippen LogP contribution in [0.1, 0.15) is 39.5 Å². The molecular weight excluding hydrogens is 232 g/mol. The molecule has 0 aromatic carbocycles. The maximum Gasteiger partial charge on any atom is 0.317 e. The fraction of sp³-hybridized carbons (Fsp3) is 0.846. The van der Waals surface area contributed by atoms with E-state index in [-0.39, 0.29) is 6.03 Å². The van der Waals surface area contributed by atoms with Crippen molar-refractivity contribution in [3.8, 4) is 0 Å². The van der Waals surface area contributed by atoms with Gasteiger partial charge in [-0.2, -0.15) is 0 Å². The SMILES string of the molecule is CCC1(CNC(=O)N2CCC(C)(C(=O)O)C2)CC1. The molecule has 18 heavy (non-hydrogen) atoms. The van der Waals surface area contributed by atoms with Crippen LogP contribution in [0.15, 0.2) is 0 Å². The van der Waals surface area contributed by atoms with E-state index in [0.717, 1.165) is 13.0 Å². The normalized spacial score (nSPS) is 29.1. The van der Waals surface area contributed by atoms with E-state index in [2.05, 4.69) is 12.2 Å². The summed E-state index contributed by atoms with van der Waals surface area (Å²) < 4.78 is 0. The molecular formula is C13H22N2O3. The Morgan fingerprint density at radius 2 is 2.00 bits per heavy atom. The molecule has 2 amide bonds. The van der Waals surface area contributed by atoms with Crippen molar-refractivity contribution < 1.29 is 14.7 Å². The molecule has 1 unspecified atom stereocenters. The maximum atomic E-state index is 12.0. The van der Waals surface area contributed by atoms with Crippen molar-refractivity contribution in [2.24, 2.45) is 10.8 Å². The molecule has 1 saturated carbocycles. The average molecular weight is 254 g/mol. The van der Waals surface area contributed by atoms with Gasteiger partial charge >= 0.3 is 12.0 Å². The fourth-order valence-corrected chi connectivity index (χ4v) is 2.52. The topological polar surface area (TPSA) is 69.6 Å². The lowest BCUT2D eigenvalue weighted by molar-refractivity contribution is -0.146. The summed E-state index contributed by atoms with van der Waals surface area (Å²) in [4.78, 5) is 24.7. The largest absolute Gasteiger partial charge is 0.481 e. The number of nitrogens with one attached hydrogen (secondary N) is 1. The third-order valence-electron chi connectivity index (χ3n) is 4.60. The number of carbonyl (C=O) groups excluding carboxylic acids is 1. The van der Waals surface area contributed by atoms with E-state index in [1.807, 2.05) is 0 Å². The predicted octanol–water partition coefficient (Wildman–Crippen LogP) is 1.68. The lowest BCUT2D eigenvalue weighted by Crippen LogP contribution is -2.42. The number of carboxylic acid groups (broad SMARTS) is 1. The number of carbonyl (C=O) groups is 2. The minimum absolute atomic E-state index is 0.111. The Balaban J connectivity index is 1.82. The van der Waals surface area contributed by atoms with Crippen molar-refractivity contribution in [3.05, 3.63) is 0 Å². The van der Waals surface area contributed by atoms with Crippen molar-refractivity contribution in [1.29, 1.82) is 0 Å². The molecule has 1 aliphatic carbocycles. The third kappa shape index (κ3) is 2.44. The van der Waals surface area contributed by atoms with E-state index in [4.69, 9.17) is 5.11 Å². The second-order valence-corrected chi connectivity index (χ2v) is 6.05. The van der Waals surface area contributed by atoms with Gasteiger partial charge in [-0.25, -0.2) is 4.79 Å². The molecule has 2 N–H and O–H groups in total. The van der Waals surface area contributed by atoms with Crippen molar-refractivity contribution in [2.45, 2.75) is 39.5 Å². The Morgan fingerprint density at radius 1 is 1.33 bits per heavy atom. The van der Waals surface area contributed by atoms with Crippen LogP contribution in [0.3, 0.4) is 0 Å². The highest BCUT2D eigenvalue weighted by Gasteiger charge is 2.44. The lowest BCUT2D eigenvalue weighted by atomic mass is 9.90. The number of urea groups is 1. The first kappa shape index (κ1) is 13.2. The van der Waals surface area contributed by atoms with Gasteiger partial charge in [-0.05, 0) is 38.0 Å². The Hall–Kier alpha value is -1.26. The van der Waals surface area contributed by atoms with E-state index in [0.29, 0.717) is 24.9 Å². The monoisotopic (exact) mass is 254 g/mol. The van der Waals surface area contributed by atoms with Gasteiger partial charge in [0.2, 0.25) is 0 Å². The fourth-order valence-electron chi connectivity index (χ4n) is 2.52. The zero-order chi connectivity index (χ0) is 13.4. The molecule has 0 bridgehead atoms. The Kier molecular flexibility index (Phi) is 3.25. The number of likely N-dealkylation sites (tertiary alicyclic amines) is 1. The van der Waals surface area contributed by atoms with Crippen LogP contribution in [0.25, 0.3) is 0 Å². The zero-order valence-electron chi connectivity index (χ0n) is 11.2. The number of hydrogen-bond acceptors (Lipinski definition) is 2. The van der Waals surface area contributed by atoms with E-state index in [1.165, 1.54) is 12.8 Å². The molecule has 1 heterocycles. The van der Waals surface area contributed by atoms with Gasteiger partial charge in [-0.15, -0.1) is 0 Å². The van der Waals surface area contributed by atoms with Crippen molar-refractivity contribution in [3.63, 3.8) is 0 Å². The number of rotatable bonds is 4. The van der Waals surface area contributed by atoms with Gasteiger partial charge in [0.05, 0.1) is 5.41 Å². The second-order valence-electron chi connectivity index (χ2n) is 6.05. The van der Waals surface area contributed by atoms with Crippen LogP contribution in [-0.4, -0.2) is 41.6 Å². The Morgan fingerprint density at radius 3 is 2.44 bits per heavy atom. The van der Waals surface area contributed by atoms with Crippen molar-refractivity contribution >= 4 is 12.0 Å². The first-order valence-electron chi connectivity index (χ1n) is 6.67. The molecule has 102 valence electrons. The summed E-state index contributed by atoms with van der Waals surface area (Å²) in [6, 6.07) is -0.111. The number of hydrogen-bond donors (Lipinski definition) is 2. The molecule has 1 aliphatic heterocycles. The molecule has 0 aromatic heterocycles. The highest BCUT2D eigenvalue weighted by molar-refractivity contribution is 5.79. The van der Waals surface area contributed by atoms with Crippen LogP contribution in [0.5, 0.6) is 0 Å². The predicted molar refractivity (Wildman–Crippen MR) is 67.3 cm³/mol. The van der Waals surface area contributed by atoms with Crippen LogP contribution in [-0.2, 0) is 4.79 Å². The summed E-state index contributed by atoms with van der Waals surface area (Å²) in [5.74, 6) is -0.815. The maximum absolute atomic E-state index is 12.0. The first-order valence-corrected chi connectivity index (χ1v) is 6.67. The first-order chi connectivity index (χ1) is 8.41. The summed E-state index contributed by atoms with van der Waals surface area (Å²) in [7, 11) is 0. The van der Waals surface area contributed by atoms with Gasteiger partial charge in [0.1, 0.15) is 0 Å². The van der Waals surface area contributed by atoms with Gasteiger partial charge in [-0.1, -0.05) is 6.92 Å². The summed E-state index contributed by atoms with van der Waals surface area (Å²) >= 11 is 0. The van der Waals surface area contributed by atoms with Gasteiger partial charge < -0.3 is 15.3 Å². The number of carboxylic acids is 1. The molecule has 5 nitrogen and oxygen atoms in total. The van der Waals surface area contributed by atoms with Gasteiger partial charge in [-0.3, -0.25) is 4.79 Å². The molecule has 2 aliphatic rings. The standard InChI is InChI=1S/C13H22N2O3/c1-3-13(4-5-13)8-14-11(18)15-7-6-12(2,9-15)10(16)17/h3-9H2,1-2H3,(H,14,18)(H,16,17). The number of aliphatic carboxylic acids is 1. The summed E-state index contributed by atoms with van der Waals surface area (Å²) in [6.07, 6.45) is 4.02. The molecule has 5 heteroatoms. The third-order valence-corrected chi connectivity index (χ3v) is 4.60. The summed E-state index contributed by atoms with van der Waals surface area (Å²) in [5.41, 5.74) is -0.454. The van der Waals surface area contributed by atoms with Gasteiger partial charge in [0.15, 0.2) is 0 Å². The smallest absolute Gasteiger partial charge is 0.317 e. The highest BCUT2D eigenvalue weighted by atomic mass is 16.4. The van der Waals surface area contributed by atoms with Crippen LogP contribution >= 0.6 is 0 Å². The second kappa shape index (κ2) is 4.44. The summed E-state index contributed by atoms with van der Waals surface area (Å²) in [6.45, 7) is 5.43. The van der Waals surface area contributed by atoms with Crippen LogP contribution in [0.4, 0.5) is 4.79 Å². The Bertz CT molecular complexity index is 365. The number of amides is 2. The molecule has 1 saturated heterocycles. The minimum atomic E-state index is -0.815. The minimum Gasteiger partial charge on any atom is -0.481 e. The van der Waals surface area contributed by atoms with E-state index in [1.54, 1.807) is 11.8 Å². The van der Waals surface area contributed by atoms with E-state index in [9.17, 15) is 9.59 Å². The van der Waals surface area contributed by atoms with Gasteiger partial charge in [0.25, 0.3) is 0 Å². The number of nitrogens with zero attached hydrogens (tertiary/aromatic N) is 1. The van der Waals surface area contributed by atoms with Crippen molar-refractivity contribution in [2.75, 3.05) is 19.6 Å². The van der Waals surface area contributed by atoms with Crippen LogP contribution in [0, 0.1) is 10.8 Å². The Labute approximate surface area is 108 Å². The molecule has 1 atom stereocenters. The van der Waals surface area contributed by atoms with Crippen molar-refractivity contribution in [1.82, 2.24) is 10.2 Å². The molecule has 2 fully saturated rings. The van der Waals surface area contributed by atoms with Gasteiger partial charge in [0, 0.05) is 19.6 Å². The highest BCUT2D eigenvalue weighted by Crippen LogP contribution is 2.47.